The van der Waals surface area contributed by atoms with Gasteiger partial charge in [0.2, 0.25) is 11.2 Å². The first kappa shape index (κ1) is 17.3. The highest BCUT2D eigenvalue weighted by Crippen LogP contribution is 2.45. The Hall–Kier alpha value is -2.79. The van der Waals surface area contributed by atoms with Crippen molar-refractivity contribution in [3.63, 3.8) is 0 Å². The molecule has 1 saturated carbocycles. The summed E-state index contributed by atoms with van der Waals surface area (Å²) in [6.07, 6.45) is 5.80. The number of aliphatic hydroxyl groups is 1. The van der Waals surface area contributed by atoms with E-state index in [2.05, 4.69) is 0 Å². The van der Waals surface area contributed by atoms with E-state index in [9.17, 15) is 9.90 Å². The number of benzene rings is 2. The van der Waals surface area contributed by atoms with Crippen LogP contribution in [0.5, 0.6) is 11.5 Å². The molecule has 2 unspecified atom stereocenters. The molecule has 0 saturated heterocycles. The van der Waals surface area contributed by atoms with Crippen LogP contribution >= 0.6 is 0 Å². The topological polar surface area (TPSA) is 68.9 Å². The van der Waals surface area contributed by atoms with Gasteiger partial charge in [-0.3, -0.25) is 4.79 Å². The smallest absolute Gasteiger partial charge is 0.211 e. The second-order valence-corrected chi connectivity index (χ2v) is 7.72. The average Bonchev–Trinajstić information content (AvgIpc) is 2.72. The van der Waals surface area contributed by atoms with Crippen LogP contribution < -0.4 is 14.9 Å². The van der Waals surface area contributed by atoms with Gasteiger partial charge in [-0.25, -0.2) is 0 Å². The molecule has 28 heavy (non-hydrogen) atoms. The van der Waals surface area contributed by atoms with Gasteiger partial charge >= 0.3 is 0 Å². The Kier molecular flexibility index (Phi) is 3.95. The van der Waals surface area contributed by atoms with Gasteiger partial charge in [0.15, 0.2) is 0 Å². The number of rotatable bonds is 2. The molecule has 0 bridgehead atoms. The molecule has 1 aromatic heterocycles. The van der Waals surface area contributed by atoms with Crippen molar-refractivity contribution in [1.82, 2.24) is 0 Å². The third kappa shape index (κ3) is 2.61. The van der Waals surface area contributed by atoms with Gasteiger partial charge in [-0.05, 0) is 49.1 Å². The van der Waals surface area contributed by atoms with Crippen LogP contribution in [-0.2, 0) is 6.42 Å². The first-order chi connectivity index (χ1) is 13.6. The molecule has 3 aromatic rings. The zero-order valence-corrected chi connectivity index (χ0v) is 15.7. The van der Waals surface area contributed by atoms with Crippen LogP contribution in [0, 0.1) is 5.92 Å². The maximum atomic E-state index is 13.1. The van der Waals surface area contributed by atoms with Crippen molar-refractivity contribution in [2.75, 3.05) is 7.11 Å². The maximum Gasteiger partial charge on any atom is 0.211 e. The summed E-state index contributed by atoms with van der Waals surface area (Å²) in [7, 11) is 1.61. The highest BCUT2D eigenvalue weighted by atomic mass is 16.6. The molecule has 1 N–H and O–H groups in total. The number of ether oxygens (including phenoxy) is 2. The maximum absolute atomic E-state index is 13.1. The Morgan fingerprint density at radius 2 is 1.96 bits per heavy atom. The molecule has 1 aliphatic heterocycles. The predicted octanol–water partition coefficient (Wildman–Crippen LogP) is 4.28. The molecule has 144 valence electrons. The second-order valence-electron chi connectivity index (χ2n) is 7.72. The van der Waals surface area contributed by atoms with E-state index in [1.54, 1.807) is 19.2 Å². The molecule has 2 atom stereocenters. The van der Waals surface area contributed by atoms with Crippen LogP contribution in [0.2, 0.25) is 0 Å². The van der Waals surface area contributed by atoms with Crippen molar-refractivity contribution in [2.45, 2.75) is 37.9 Å². The summed E-state index contributed by atoms with van der Waals surface area (Å²) >= 11 is 0. The molecule has 0 spiro atoms. The van der Waals surface area contributed by atoms with Gasteiger partial charge in [-0.15, -0.1) is 0 Å². The zero-order chi connectivity index (χ0) is 19.3. The molecule has 0 amide bonds. The monoisotopic (exact) mass is 378 g/mol. The molecule has 5 heteroatoms. The molecular weight excluding hydrogens is 356 g/mol. The van der Waals surface area contributed by atoms with Crippen LogP contribution in [-0.4, -0.2) is 18.0 Å². The molecular formula is C23H22O5. The van der Waals surface area contributed by atoms with E-state index >= 15 is 0 Å². The highest BCUT2D eigenvalue weighted by Gasteiger charge is 2.45. The summed E-state index contributed by atoms with van der Waals surface area (Å²) < 4.78 is 17.1. The minimum atomic E-state index is -1.09. The third-order valence-electron chi connectivity index (χ3n) is 6.12. The normalized spacial score (nSPS) is 23.6. The minimum Gasteiger partial charge on any atom is -0.497 e. The largest absolute Gasteiger partial charge is 0.497 e. The Morgan fingerprint density at radius 1 is 1.14 bits per heavy atom. The SMILES string of the molecule is COc1ccc(-c2coc3c4c(ccc3c2=O)OC2(O)CCCCC2C4)cc1. The first-order valence-electron chi connectivity index (χ1n) is 9.72. The van der Waals surface area contributed by atoms with E-state index in [4.69, 9.17) is 13.9 Å². The van der Waals surface area contributed by atoms with Gasteiger partial charge < -0.3 is 19.0 Å². The summed E-state index contributed by atoms with van der Waals surface area (Å²) in [5.41, 5.74) is 2.67. The van der Waals surface area contributed by atoms with Crippen LogP contribution in [0.1, 0.15) is 31.2 Å². The lowest BCUT2D eigenvalue weighted by atomic mass is 9.77. The number of hydrogen-bond donors (Lipinski definition) is 1. The quantitative estimate of drug-likeness (QED) is 0.721. The highest BCUT2D eigenvalue weighted by molar-refractivity contribution is 5.86. The van der Waals surface area contributed by atoms with Gasteiger partial charge in [-0.1, -0.05) is 18.6 Å². The first-order valence-corrected chi connectivity index (χ1v) is 9.72. The van der Waals surface area contributed by atoms with Crippen molar-refractivity contribution < 1.29 is 19.0 Å². The molecule has 2 heterocycles. The van der Waals surface area contributed by atoms with E-state index in [1.165, 1.54) is 6.26 Å². The van der Waals surface area contributed by atoms with E-state index in [-0.39, 0.29) is 11.3 Å². The number of methoxy groups -OCH3 is 1. The standard InChI is InChI=1S/C23H22O5/c1-26-16-7-5-14(6-8-16)19-13-27-22-17(21(19)24)9-10-20-18(22)12-15-4-2-3-11-23(15,25)28-20/h5-10,13,15,25H,2-4,11-12H2,1H3. The summed E-state index contributed by atoms with van der Waals surface area (Å²) in [4.78, 5) is 13.1. The second kappa shape index (κ2) is 6.38. The van der Waals surface area contributed by atoms with Gasteiger partial charge in [-0.2, -0.15) is 0 Å². The number of fused-ring (bicyclic) bond motifs is 4. The van der Waals surface area contributed by atoms with Crippen LogP contribution in [0.4, 0.5) is 0 Å². The lowest BCUT2D eigenvalue weighted by Gasteiger charge is -2.43. The van der Waals surface area contributed by atoms with Crippen molar-refractivity contribution in [3.05, 3.63) is 58.4 Å². The van der Waals surface area contributed by atoms with E-state index in [0.29, 0.717) is 35.1 Å². The fourth-order valence-electron chi connectivity index (χ4n) is 4.53. The van der Waals surface area contributed by atoms with Crippen LogP contribution in [0.15, 0.2) is 51.9 Å². The van der Waals surface area contributed by atoms with Gasteiger partial charge in [0.05, 0.1) is 18.1 Å². The summed E-state index contributed by atoms with van der Waals surface area (Å²) in [5, 5.41) is 11.4. The third-order valence-corrected chi connectivity index (χ3v) is 6.12. The van der Waals surface area contributed by atoms with Crippen LogP contribution in [0.25, 0.3) is 22.1 Å². The molecule has 2 aliphatic rings. The van der Waals surface area contributed by atoms with Gasteiger partial charge in [0.1, 0.15) is 23.3 Å². The van der Waals surface area contributed by atoms with E-state index in [1.807, 2.05) is 24.3 Å². The van der Waals surface area contributed by atoms with Crippen molar-refractivity contribution in [2.24, 2.45) is 5.92 Å². The molecule has 1 aliphatic carbocycles. The lowest BCUT2D eigenvalue weighted by Crippen LogP contribution is -2.49. The molecule has 2 aromatic carbocycles. The molecule has 5 nitrogen and oxygen atoms in total. The van der Waals surface area contributed by atoms with E-state index < -0.39 is 5.79 Å². The number of hydrogen-bond acceptors (Lipinski definition) is 5. The Balaban J connectivity index is 1.61. The Morgan fingerprint density at radius 3 is 2.75 bits per heavy atom. The fraction of sp³-hybridized carbons (Fsp3) is 0.348. The average molecular weight is 378 g/mol. The predicted molar refractivity (Wildman–Crippen MR) is 106 cm³/mol. The minimum absolute atomic E-state index is 0.0333. The van der Waals surface area contributed by atoms with E-state index in [0.717, 1.165) is 36.1 Å². The van der Waals surface area contributed by atoms with Gasteiger partial charge in [0.25, 0.3) is 0 Å². The lowest BCUT2D eigenvalue weighted by molar-refractivity contribution is -0.203. The Bertz CT molecular complexity index is 1100. The summed E-state index contributed by atoms with van der Waals surface area (Å²) in [6.45, 7) is 0. The molecule has 1 fully saturated rings. The van der Waals surface area contributed by atoms with Crippen molar-refractivity contribution >= 4 is 11.0 Å². The van der Waals surface area contributed by atoms with Gasteiger partial charge in [0, 0.05) is 17.9 Å². The zero-order valence-electron chi connectivity index (χ0n) is 15.7. The fourth-order valence-corrected chi connectivity index (χ4v) is 4.53. The van der Waals surface area contributed by atoms with Crippen molar-refractivity contribution in [1.29, 1.82) is 0 Å². The summed E-state index contributed by atoms with van der Waals surface area (Å²) in [6, 6.07) is 10.9. The Labute approximate surface area is 162 Å². The summed E-state index contributed by atoms with van der Waals surface area (Å²) in [5.74, 6) is 0.293. The molecule has 5 rings (SSSR count). The molecule has 0 radical (unpaired) electrons. The van der Waals surface area contributed by atoms with Crippen LogP contribution in [0.3, 0.4) is 0 Å². The van der Waals surface area contributed by atoms with Crippen molar-refractivity contribution in [3.8, 4) is 22.6 Å².